The van der Waals surface area contributed by atoms with Gasteiger partial charge in [-0.05, 0) is 42.4 Å². The van der Waals surface area contributed by atoms with Crippen molar-refractivity contribution in [3.8, 4) is 0 Å². The van der Waals surface area contributed by atoms with Gasteiger partial charge in [0.25, 0.3) is 0 Å². The molecule has 1 aromatic heterocycles. The van der Waals surface area contributed by atoms with Crippen molar-refractivity contribution in [2.45, 2.75) is 29.8 Å². The van der Waals surface area contributed by atoms with Crippen LogP contribution in [0.15, 0.2) is 40.5 Å². The normalized spacial score (nSPS) is 25.0. The monoisotopic (exact) mass is 426 g/mol. The Balaban J connectivity index is 1.26. The molecule has 2 aromatic rings. The van der Waals surface area contributed by atoms with Crippen molar-refractivity contribution in [2.24, 2.45) is 17.8 Å². The van der Waals surface area contributed by atoms with Crippen LogP contribution in [0.1, 0.15) is 18.9 Å². The van der Waals surface area contributed by atoms with Gasteiger partial charge in [-0.3, -0.25) is 9.69 Å². The summed E-state index contributed by atoms with van der Waals surface area (Å²) >= 11 is 1.65. The number of nitrogens with one attached hydrogen (secondary N) is 1. The van der Waals surface area contributed by atoms with Gasteiger partial charge >= 0.3 is 5.97 Å². The van der Waals surface area contributed by atoms with Crippen LogP contribution in [0.4, 0.5) is 11.5 Å². The molecule has 4 heterocycles. The molecule has 5 rings (SSSR count). The molecule has 30 heavy (non-hydrogen) atoms. The fourth-order valence-electron chi connectivity index (χ4n) is 4.83. The van der Waals surface area contributed by atoms with Crippen molar-refractivity contribution in [1.82, 2.24) is 14.9 Å². The molecule has 8 heteroatoms. The second-order valence-electron chi connectivity index (χ2n) is 8.19. The van der Waals surface area contributed by atoms with Gasteiger partial charge in [-0.1, -0.05) is 17.8 Å². The summed E-state index contributed by atoms with van der Waals surface area (Å²) in [5.41, 5.74) is 2.36. The number of nitrogens with zero attached hydrogens (tertiary/aromatic N) is 3. The van der Waals surface area contributed by atoms with Crippen LogP contribution in [0, 0.1) is 17.8 Å². The first-order valence-electron chi connectivity index (χ1n) is 10.5. The molecule has 0 amide bonds. The molecule has 1 aromatic carbocycles. The van der Waals surface area contributed by atoms with Crippen molar-refractivity contribution in [2.75, 3.05) is 38.2 Å². The molecular weight excluding hydrogens is 400 g/mol. The number of hydrogen-bond acceptors (Lipinski definition) is 8. The van der Waals surface area contributed by atoms with Crippen molar-refractivity contribution in [1.29, 1.82) is 0 Å². The zero-order valence-corrected chi connectivity index (χ0v) is 17.9. The van der Waals surface area contributed by atoms with E-state index in [4.69, 9.17) is 9.47 Å². The number of piperidine rings is 1. The van der Waals surface area contributed by atoms with E-state index in [2.05, 4.69) is 38.4 Å². The summed E-state index contributed by atoms with van der Waals surface area (Å²) in [4.78, 5) is 24.5. The van der Waals surface area contributed by atoms with Crippen LogP contribution in [0.2, 0.25) is 0 Å². The van der Waals surface area contributed by atoms with E-state index in [9.17, 15) is 4.79 Å². The smallest absolute Gasteiger partial charge is 0.306 e. The third-order valence-electron chi connectivity index (χ3n) is 6.14. The highest BCUT2D eigenvalue weighted by Crippen LogP contribution is 2.42. The van der Waals surface area contributed by atoms with E-state index in [1.165, 1.54) is 10.5 Å². The number of rotatable bonds is 5. The fraction of sp³-hybridized carbons (Fsp3) is 0.500. The highest BCUT2D eigenvalue weighted by Gasteiger charge is 2.41. The maximum Gasteiger partial charge on any atom is 0.306 e. The third-order valence-corrected chi connectivity index (χ3v) is 7.21. The number of aromatic nitrogens is 2. The molecule has 1 N–H and O–H groups in total. The van der Waals surface area contributed by atoms with Crippen molar-refractivity contribution in [3.05, 3.63) is 36.2 Å². The van der Waals surface area contributed by atoms with Crippen molar-refractivity contribution >= 4 is 29.2 Å². The van der Waals surface area contributed by atoms with E-state index in [-0.39, 0.29) is 5.97 Å². The van der Waals surface area contributed by atoms with Crippen LogP contribution < -0.4 is 5.32 Å². The van der Waals surface area contributed by atoms with Gasteiger partial charge in [0.1, 0.15) is 5.03 Å². The van der Waals surface area contributed by atoms with E-state index < -0.39 is 0 Å². The molecule has 0 saturated carbocycles. The number of anilines is 2. The molecule has 1 unspecified atom stereocenters. The molecule has 2 fully saturated rings. The van der Waals surface area contributed by atoms with Crippen LogP contribution in [-0.4, -0.2) is 53.7 Å². The lowest BCUT2D eigenvalue weighted by atomic mass is 9.74. The minimum Gasteiger partial charge on any atom is -0.466 e. The van der Waals surface area contributed by atoms with Gasteiger partial charge in [0.15, 0.2) is 5.82 Å². The minimum absolute atomic E-state index is 0.0745. The van der Waals surface area contributed by atoms with E-state index in [1.54, 1.807) is 24.2 Å². The highest BCUT2D eigenvalue weighted by molar-refractivity contribution is 7.99. The van der Waals surface area contributed by atoms with Crippen LogP contribution in [-0.2, 0) is 20.8 Å². The fourth-order valence-corrected chi connectivity index (χ4v) is 5.71. The van der Waals surface area contributed by atoms with Gasteiger partial charge in [0.05, 0.1) is 25.5 Å². The van der Waals surface area contributed by atoms with E-state index >= 15 is 0 Å². The second-order valence-corrected chi connectivity index (χ2v) is 9.22. The number of esters is 1. The number of ether oxygens (including phenoxy) is 2. The maximum absolute atomic E-state index is 12.0. The van der Waals surface area contributed by atoms with E-state index in [1.807, 2.05) is 6.92 Å². The first-order chi connectivity index (χ1) is 14.7. The molecule has 3 atom stereocenters. The lowest BCUT2D eigenvalue weighted by Gasteiger charge is -2.47. The topological polar surface area (TPSA) is 76.6 Å². The number of fused-ring (bicyclic) bond motifs is 4. The molecule has 2 saturated heterocycles. The van der Waals surface area contributed by atoms with E-state index in [0.717, 1.165) is 49.4 Å². The Hall–Kier alpha value is -2.16. The van der Waals surface area contributed by atoms with Gasteiger partial charge in [-0.25, -0.2) is 9.97 Å². The zero-order chi connectivity index (χ0) is 20.5. The summed E-state index contributed by atoms with van der Waals surface area (Å²) in [5, 5.41) is 4.33. The molecular formula is C22H26N4O3S. The standard InChI is InChI=1S/C22H26N4O3S/c1-2-29-20(27)8-17-15-10-26(11-16(17)13-28-12-15)9-14-3-4-19-18(7-14)25-21-22(30-19)24-6-5-23-21/h3-7,15-17H,2,8-13H2,1H3,(H,23,25)/t15-,16+,17?. The minimum atomic E-state index is -0.0745. The van der Waals surface area contributed by atoms with Gasteiger partial charge in [0.2, 0.25) is 0 Å². The number of carbonyl (C=O) groups excluding carboxylic acids is 1. The summed E-state index contributed by atoms with van der Waals surface area (Å²) in [6.07, 6.45) is 3.95. The maximum atomic E-state index is 12.0. The molecule has 158 valence electrons. The average Bonchev–Trinajstić information content (AvgIpc) is 2.73. The predicted octanol–water partition coefficient (Wildman–Crippen LogP) is 3.33. The zero-order valence-electron chi connectivity index (χ0n) is 17.0. The highest BCUT2D eigenvalue weighted by atomic mass is 32.2. The van der Waals surface area contributed by atoms with Gasteiger partial charge < -0.3 is 14.8 Å². The Morgan fingerprint density at radius 2 is 2.07 bits per heavy atom. The quantitative estimate of drug-likeness (QED) is 0.623. The van der Waals surface area contributed by atoms with Crippen LogP contribution in [0.3, 0.4) is 0 Å². The lowest BCUT2D eigenvalue weighted by Crippen LogP contribution is -2.52. The summed E-state index contributed by atoms with van der Waals surface area (Å²) < 4.78 is 11.0. The SMILES string of the molecule is CCOC(=O)CC1[C@@H]2COC[C@H]1CN(Cc1ccc3c(c1)Nc1nccnc1S3)C2. The first-order valence-corrected chi connectivity index (χ1v) is 11.4. The third kappa shape index (κ3) is 4.04. The summed E-state index contributed by atoms with van der Waals surface area (Å²) in [6, 6.07) is 6.58. The Bertz CT molecular complexity index is 926. The Kier molecular flexibility index (Phi) is 5.62. The number of benzene rings is 1. The number of likely N-dealkylation sites (tertiary alicyclic amines) is 1. The average molecular weight is 427 g/mol. The summed E-state index contributed by atoms with van der Waals surface area (Å²) in [6.45, 7) is 6.57. The Labute approximate surface area is 180 Å². The Morgan fingerprint density at radius 3 is 2.87 bits per heavy atom. The van der Waals surface area contributed by atoms with E-state index in [0.29, 0.717) is 30.8 Å². The Morgan fingerprint density at radius 1 is 1.27 bits per heavy atom. The number of hydrogen-bond donors (Lipinski definition) is 1. The number of carbonyl (C=O) groups is 1. The van der Waals surface area contributed by atoms with Gasteiger partial charge in [-0.2, -0.15) is 0 Å². The van der Waals surface area contributed by atoms with Crippen molar-refractivity contribution < 1.29 is 14.3 Å². The molecule has 0 spiro atoms. The molecule has 3 aliphatic heterocycles. The summed E-state index contributed by atoms with van der Waals surface area (Å²) in [5.74, 6) is 1.88. The summed E-state index contributed by atoms with van der Waals surface area (Å²) in [7, 11) is 0. The molecule has 0 aliphatic carbocycles. The first kappa shape index (κ1) is 19.8. The van der Waals surface area contributed by atoms with Crippen molar-refractivity contribution in [3.63, 3.8) is 0 Å². The van der Waals surface area contributed by atoms with Crippen LogP contribution in [0.25, 0.3) is 0 Å². The molecule has 3 aliphatic rings. The lowest BCUT2D eigenvalue weighted by molar-refractivity contribution is -0.150. The largest absolute Gasteiger partial charge is 0.466 e. The molecule has 7 nitrogen and oxygen atoms in total. The molecule has 0 radical (unpaired) electrons. The second kappa shape index (κ2) is 8.53. The van der Waals surface area contributed by atoms with Gasteiger partial charge in [-0.15, -0.1) is 0 Å². The predicted molar refractivity (Wildman–Crippen MR) is 114 cm³/mol. The van der Waals surface area contributed by atoms with Crippen LogP contribution in [0.5, 0.6) is 0 Å². The van der Waals surface area contributed by atoms with Crippen LogP contribution >= 0.6 is 11.8 Å². The molecule has 2 bridgehead atoms. The van der Waals surface area contributed by atoms with Gasteiger partial charge in [0, 0.05) is 43.3 Å².